The van der Waals surface area contributed by atoms with E-state index in [-0.39, 0.29) is 17.9 Å². The minimum Gasteiger partial charge on any atom is -0.371 e. The average molecular weight is 292 g/mol. The SMILES string of the molecule is CCN(C)C(=O)COCC(C)(C)CNCc1ccccc1. The summed E-state index contributed by atoms with van der Waals surface area (Å²) in [5.41, 5.74) is 1.27. The van der Waals surface area contributed by atoms with Gasteiger partial charge in [0.15, 0.2) is 0 Å². The predicted octanol–water partition coefficient (Wildman–Crippen LogP) is 2.30. The summed E-state index contributed by atoms with van der Waals surface area (Å²) in [6, 6.07) is 10.3. The van der Waals surface area contributed by atoms with Gasteiger partial charge >= 0.3 is 0 Å². The molecule has 0 heterocycles. The van der Waals surface area contributed by atoms with E-state index in [1.165, 1.54) is 5.56 Å². The first kappa shape index (κ1) is 17.7. The molecule has 1 N–H and O–H groups in total. The molecule has 4 nitrogen and oxygen atoms in total. The number of benzene rings is 1. The molecule has 0 fully saturated rings. The van der Waals surface area contributed by atoms with Gasteiger partial charge in [0.05, 0.1) is 6.61 Å². The van der Waals surface area contributed by atoms with Gasteiger partial charge in [0.2, 0.25) is 5.91 Å². The number of nitrogens with one attached hydrogen (secondary N) is 1. The molecule has 118 valence electrons. The lowest BCUT2D eigenvalue weighted by Crippen LogP contribution is -2.35. The summed E-state index contributed by atoms with van der Waals surface area (Å²) in [5.74, 6) is 0.0329. The Morgan fingerprint density at radius 1 is 1.29 bits per heavy atom. The second-order valence-corrected chi connectivity index (χ2v) is 6.15. The molecule has 0 atom stereocenters. The van der Waals surface area contributed by atoms with Crippen molar-refractivity contribution in [3.63, 3.8) is 0 Å². The Morgan fingerprint density at radius 2 is 1.95 bits per heavy atom. The molecule has 4 heteroatoms. The van der Waals surface area contributed by atoms with Crippen LogP contribution >= 0.6 is 0 Å². The van der Waals surface area contributed by atoms with E-state index in [9.17, 15) is 4.79 Å². The highest BCUT2D eigenvalue weighted by Gasteiger charge is 2.18. The molecule has 0 aliphatic heterocycles. The van der Waals surface area contributed by atoms with Crippen LogP contribution < -0.4 is 5.32 Å². The molecule has 1 amide bonds. The van der Waals surface area contributed by atoms with Crippen LogP contribution in [-0.2, 0) is 16.1 Å². The van der Waals surface area contributed by atoms with Gasteiger partial charge < -0.3 is 15.0 Å². The second-order valence-electron chi connectivity index (χ2n) is 6.15. The maximum Gasteiger partial charge on any atom is 0.248 e. The fourth-order valence-corrected chi connectivity index (χ4v) is 1.89. The van der Waals surface area contributed by atoms with Crippen molar-refractivity contribution in [1.29, 1.82) is 0 Å². The molecule has 1 aromatic carbocycles. The van der Waals surface area contributed by atoms with Crippen LogP contribution in [0.2, 0.25) is 0 Å². The lowest BCUT2D eigenvalue weighted by atomic mass is 9.95. The minimum atomic E-state index is -0.000152. The number of ether oxygens (including phenoxy) is 1. The first-order chi connectivity index (χ1) is 9.94. The van der Waals surface area contributed by atoms with E-state index >= 15 is 0 Å². The number of carbonyl (C=O) groups excluding carboxylic acids is 1. The molecule has 0 saturated carbocycles. The van der Waals surface area contributed by atoms with Crippen LogP contribution in [0.1, 0.15) is 26.3 Å². The molecule has 0 spiro atoms. The number of likely N-dealkylation sites (N-methyl/N-ethyl adjacent to an activating group) is 1. The summed E-state index contributed by atoms with van der Waals surface area (Å²) in [5, 5.41) is 3.44. The van der Waals surface area contributed by atoms with Crippen molar-refractivity contribution >= 4 is 5.91 Å². The quantitative estimate of drug-likeness (QED) is 0.759. The normalized spacial score (nSPS) is 11.4. The second kappa shape index (κ2) is 8.80. The van der Waals surface area contributed by atoms with Gasteiger partial charge in [-0.1, -0.05) is 44.2 Å². The first-order valence-electron chi connectivity index (χ1n) is 7.51. The van der Waals surface area contributed by atoms with Gasteiger partial charge in [-0.25, -0.2) is 0 Å². The van der Waals surface area contributed by atoms with E-state index in [1.54, 1.807) is 11.9 Å². The zero-order valence-corrected chi connectivity index (χ0v) is 13.7. The van der Waals surface area contributed by atoms with E-state index in [0.717, 1.165) is 13.1 Å². The van der Waals surface area contributed by atoms with Gasteiger partial charge in [0.25, 0.3) is 0 Å². The monoisotopic (exact) mass is 292 g/mol. The number of hydrogen-bond acceptors (Lipinski definition) is 3. The average Bonchev–Trinajstić information content (AvgIpc) is 2.47. The maximum atomic E-state index is 11.6. The van der Waals surface area contributed by atoms with Gasteiger partial charge in [-0.05, 0) is 12.5 Å². The minimum absolute atomic E-state index is 0.000152. The number of hydrogen-bond donors (Lipinski definition) is 1. The lowest BCUT2D eigenvalue weighted by molar-refractivity contribution is -0.135. The van der Waals surface area contributed by atoms with E-state index in [2.05, 4.69) is 31.3 Å². The van der Waals surface area contributed by atoms with Crippen molar-refractivity contribution in [1.82, 2.24) is 10.2 Å². The van der Waals surface area contributed by atoms with Gasteiger partial charge in [-0.15, -0.1) is 0 Å². The molecule has 0 aromatic heterocycles. The van der Waals surface area contributed by atoms with Crippen LogP contribution in [-0.4, -0.2) is 44.2 Å². The molecule has 0 radical (unpaired) electrons. The van der Waals surface area contributed by atoms with Crippen molar-refractivity contribution in [2.45, 2.75) is 27.3 Å². The Balaban J connectivity index is 2.22. The zero-order valence-electron chi connectivity index (χ0n) is 13.7. The Hall–Kier alpha value is -1.39. The number of amides is 1. The van der Waals surface area contributed by atoms with Crippen molar-refractivity contribution in [2.24, 2.45) is 5.41 Å². The highest BCUT2D eigenvalue weighted by Crippen LogP contribution is 2.14. The summed E-state index contributed by atoms with van der Waals surface area (Å²) in [6.45, 7) is 9.36. The Bertz CT molecular complexity index is 418. The van der Waals surface area contributed by atoms with Crippen molar-refractivity contribution in [3.8, 4) is 0 Å². The predicted molar refractivity (Wildman–Crippen MR) is 86.1 cm³/mol. The highest BCUT2D eigenvalue weighted by molar-refractivity contribution is 5.77. The van der Waals surface area contributed by atoms with Gasteiger partial charge in [-0.3, -0.25) is 4.79 Å². The number of rotatable bonds is 9. The Morgan fingerprint density at radius 3 is 2.57 bits per heavy atom. The maximum absolute atomic E-state index is 11.6. The van der Waals surface area contributed by atoms with Crippen LogP contribution in [0.3, 0.4) is 0 Å². The molecule has 1 rings (SSSR count). The van der Waals surface area contributed by atoms with Gasteiger partial charge in [0.1, 0.15) is 6.61 Å². The molecular weight excluding hydrogens is 264 g/mol. The molecule has 0 aliphatic carbocycles. The van der Waals surface area contributed by atoms with Crippen LogP contribution in [0, 0.1) is 5.41 Å². The largest absolute Gasteiger partial charge is 0.371 e. The molecule has 0 aliphatic rings. The third-order valence-electron chi connectivity index (χ3n) is 3.39. The van der Waals surface area contributed by atoms with E-state index < -0.39 is 0 Å². The smallest absolute Gasteiger partial charge is 0.248 e. The first-order valence-corrected chi connectivity index (χ1v) is 7.51. The Kier molecular flexibility index (Phi) is 7.40. The highest BCUT2D eigenvalue weighted by atomic mass is 16.5. The molecule has 0 saturated heterocycles. The van der Waals surface area contributed by atoms with Gasteiger partial charge in [0, 0.05) is 32.1 Å². The Labute approximate surface area is 128 Å². The van der Waals surface area contributed by atoms with Crippen LogP contribution in [0.25, 0.3) is 0 Å². The summed E-state index contributed by atoms with van der Waals surface area (Å²) >= 11 is 0. The molecule has 21 heavy (non-hydrogen) atoms. The fraction of sp³-hybridized carbons (Fsp3) is 0.588. The van der Waals surface area contributed by atoms with Crippen molar-refractivity contribution in [2.75, 3.05) is 33.4 Å². The standard InChI is InChI=1S/C17H28N2O2/c1-5-19(4)16(20)12-21-14-17(2,3)13-18-11-15-9-7-6-8-10-15/h6-10,18H,5,11-14H2,1-4H3. The summed E-state index contributed by atoms with van der Waals surface area (Å²) in [6.07, 6.45) is 0. The zero-order chi connectivity index (χ0) is 15.7. The van der Waals surface area contributed by atoms with Crippen LogP contribution in [0.15, 0.2) is 30.3 Å². The van der Waals surface area contributed by atoms with Crippen LogP contribution in [0.4, 0.5) is 0 Å². The van der Waals surface area contributed by atoms with E-state index in [1.807, 2.05) is 25.1 Å². The molecular formula is C17H28N2O2. The number of nitrogens with zero attached hydrogens (tertiary/aromatic N) is 1. The lowest BCUT2D eigenvalue weighted by Gasteiger charge is -2.25. The van der Waals surface area contributed by atoms with E-state index in [4.69, 9.17) is 4.74 Å². The van der Waals surface area contributed by atoms with Crippen molar-refractivity contribution < 1.29 is 9.53 Å². The van der Waals surface area contributed by atoms with Gasteiger partial charge in [-0.2, -0.15) is 0 Å². The van der Waals surface area contributed by atoms with Crippen molar-refractivity contribution in [3.05, 3.63) is 35.9 Å². The fourth-order valence-electron chi connectivity index (χ4n) is 1.89. The van der Waals surface area contributed by atoms with E-state index in [0.29, 0.717) is 13.2 Å². The molecule has 1 aromatic rings. The topological polar surface area (TPSA) is 41.6 Å². The number of carbonyl (C=O) groups is 1. The summed E-state index contributed by atoms with van der Waals surface area (Å²) in [7, 11) is 1.79. The third kappa shape index (κ3) is 7.25. The molecule has 0 unspecified atom stereocenters. The molecule has 0 bridgehead atoms. The summed E-state index contributed by atoms with van der Waals surface area (Å²) < 4.78 is 5.55. The third-order valence-corrected chi connectivity index (χ3v) is 3.39. The summed E-state index contributed by atoms with van der Waals surface area (Å²) in [4.78, 5) is 13.3. The van der Waals surface area contributed by atoms with Crippen LogP contribution in [0.5, 0.6) is 0 Å².